The molecule has 7 heteroatoms. The molecule has 0 saturated heterocycles. The summed E-state index contributed by atoms with van der Waals surface area (Å²) in [5.41, 5.74) is 5.54. The standard InChI is InChI=1S/C14H24N6S/c1-19(2)10-12-8-7-11(21-12)6-4-5-9-16-14-17-13(15)18-20(14)3/h7-8H,4-6,9-10H2,1-3H3,(H3,15,16,17,18). The quantitative estimate of drug-likeness (QED) is 0.729. The summed E-state index contributed by atoms with van der Waals surface area (Å²) in [7, 11) is 6.04. The Morgan fingerprint density at radius 1 is 1.29 bits per heavy atom. The van der Waals surface area contributed by atoms with Crippen LogP contribution in [0.1, 0.15) is 22.6 Å². The van der Waals surface area contributed by atoms with E-state index in [4.69, 9.17) is 5.73 Å². The lowest BCUT2D eigenvalue weighted by Crippen LogP contribution is -2.09. The summed E-state index contributed by atoms with van der Waals surface area (Å²) in [6.07, 6.45) is 3.41. The third kappa shape index (κ3) is 5.02. The van der Waals surface area contributed by atoms with Crippen LogP contribution < -0.4 is 11.1 Å². The molecule has 0 atom stereocenters. The van der Waals surface area contributed by atoms with Crippen molar-refractivity contribution in [2.75, 3.05) is 31.7 Å². The number of anilines is 2. The molecule has 116 valence electrons. The fourth-order valence-electron chi connectivity index (χ4n) is 2.14. The van der Waals surface area contributed by atoms with E-state index < -0.39 is 0 Å². The summed E-state index contributed by atoms with van der Waals surface area (Å²) in [5.74, 6) is 1.05. The highest BCUT2D eigenvalue weighted by molar-refractivity contribution is 7.11. The minimum Gasteiger partial charge on any atom is -0.366 e. The van der Waals surface area contributed by atoms with Crippen molar-refractivity contribution in [3.8, 4) is 0 Å². The molecule has 0 bridgehead atoms. The second-order valence-electron chi connectivity index (χ2n) is 5.41. The van der Waals surface area contributed by atoms with Crippen LogP contribution in [-0.2, 0) is 20.0 Å². The highest BCUT2D eigenvalue weighted by Gasteiger charge is 2.04. The predicted molar refractivity (Wildman–Crippen MR) is 88.6 cm³/mol. The second-order valence-corrected chi connectivity index (χ2v) is 6.66. The molecule has 0 amide bonds. The molecule has 0 aromatic carbocycles. The predicted octanol–water partition coefficient (Wildman–Crippen LogP) is 1.96. The number of aryl methyl sites for hydroxylation is 2. The van der Waals surface area contributed by atoms with Gasteiger partial charge in [0.25, 0.3) is 0 Å². The van der Waals surface area contributed by atoms with E-state index in [0.29, 0.717) is 5.95 Å². The summed E-state index contributed by atoms with van der Waals surface area (Å²) in [6.45, 7) is 1.92. The molecule has 3 N–H and O–H groups in total. The van der Waals surface area contributed by atoms with Crippen molar-refractivity contribution in [3.05, 3.63) is 21.9 Å². The third-order valence-electron chi connectivity index (χ3n) is 3.10. The molecule has 2 heterocycles. The van der Waals surface area contributed by atoms with Gasteiger partial charge in [0, 0.05) is 29.9 Å². The Kier molecular flexibility index (Phi) is 5.58. The molecule has 0 aliphatic carbocycles. The molecule has 0 aliphatic rings. The van der Waals surface area contributed by atoms with E-state index in [1.165, 1.54) is 16.2 Å². The molecule has 0 fully saturated rings. The number of nitrogens with zero attached hydrogens (tertiary/aromatic N) is 4. The van der Waals surface area contributed by atoms with E-state index >= 15 is 0 Å². The number of unbranched alkanes of at least 4 members (excludes halogenated alkanes) is 1. The molecule has 0 radical (unpaired) electrons. The molecule has 0 unspecified atom stereocenters. The van der Waals surface area contributed by atoms with Gasteiger partial charge < -0.3 is 16.0 Å². The number of nitrogen functional groups attached to an aromatic ring is 1. The van der Waals surface area contributed by atoms with Crippen LogP contribution in [0.2, 0.25) is 0 Å². The van der Waals surface area contributed by atoms with Gasteiger partial charge in [-0.05, 0) is 45.5 Å². The van der Waals surface area contributed by atoms with E-state index in [9.17, 15) is 0 Å². The molecule has 21 heavy (non-hydrogen) atoms. The smallest absolute Gasteiger partial charge is 0.241 e. The van der Waals surface area contributed by atoms with Crippen LogP contribution in [0.3, 0.4) is 0 Å². The maximum atomic E-state index is 5.54. The number of hydrogen-bond donors (Lipinski definition) is 2. The number of thiophene rings is 1. The fourth-order valence-corrected chi connectivity index (χ4v) is 3.31. The maximum Gasteiger partial charge on any atom is 0.241 e. The first-order valence-electron chi connectivity index (χ1n) is 7.17. The minimum absolute atomic E-state index is 0.312. The van der Waals surface area contributed by atoms with Crippen molar-refractivity contribution in [3.63, 3.8) is 0 Å². The third-order valence-corrected chi connectivity index (χ3v) is 4.23. The number of nitrogens with two attached hydrogens (primary N) is 1. The number of hydrogen-bond acceptors (Lipinski definition) is 6. The van der Waals surface area contributed by atoms with E-state index in [-0.39, 0.29) is 0 Å². The van der Waals surface area contributed by atoms with Gasteiger partial charge in [-0.3, -0.25) is 0 Å². The molecular weight excluding hydrogens is 284 g/mol. The molecule has 2 rings (SSSR count). The van der Waals surface area contributed by atoms with Crippen molar-refractivity contribution < 1.29 is 0 Å². The Morgan fingerprint density at radius 3 is 2.71 bits per heavy atom. The van der Waals surface area contributed by atoms with E-state index in [1.54, 1.807) is 4.68 Å². The van der Waals surface area contributed by atoms with Gasteiger partial charge in [-0.2, -0.15) is 4.98 Å². The van der Waals surface area contributed by atoms with Crippen LogP contribution in [0.15, 0.2) is 12.1 Å². The topological polar surface area (TPSA) is 72.0 Å². The summed E-state index contributed by atoms with van der Waals surface area (Å²) >= 11 is 1.92. The van der Waals surface area contributed by atoms with Crippen molar-refractivity contribution in [2.24, 2.45) is 7.05 Å². The first-order valence-corrected chi connectivity index (χ1v) is 7.99. The van der Waals surface area contributed by atoms with E-state index in [1.807, 2.05) is 18.4 Å². The Balaban J connectivity index is 1.65. The van der Waals surface area contributed by atoms with Gasteiger partial charge in [0.1, 0.15) is 0 Å². The summed E-state index contributed by atoms with van der Waals surface area (Å²) < 4.78 is 1.67. The van der Waals surface area contributed by atoms with Gasteiger partial charge in [0.2, 0.25) is 11.9 Å². The van der Waals surface area contributed by atoms with Gasteiger partial charge >= 0.3 is 0 Å². The maximum absolute atomic E-state index is 5.54. The normalized spacial score (nSPS) is 11.2. The Morgan fingerprint density at radius 2 is 2.05 bits per heavy atom. The molecule has 0 aliphatic heterocycles. The van der Waals surface area contributed by atoms with Crippen molar-refractivity contribution in [1.82, 2.24) is 19.7 Å². The van der Waals surface area contributed by atoms with Crippen LogP contribution >= 0.6 is 11.3 Å². The fraction of sp³-hybridized carbons (Fsp3) is 0.571. The SMILES string of the molecule is CN(C)Cc1ccc(CCCCNc2nc(N)nn2C)s1. The Hall–Kier alpha value is -1.60. The van der Waals surface area contributed by atoms with Gasteiger partial charge in [-0.1, -0.05) is 0 Å². The molecule has 0 spiro atoms. The summed E-state index contributed by atoms with van der Waals surface area (Å²) in [5, 5.41) is 7.26. The molecule has 2 aromatic heterocycles. The molecule has 0 saturated carbocycles. The zero-order valence-corrected chi connectivity index (χ0v) is 13.8. The van der Waals surface area contributed by atoms with Crippen LogP contribution in [-0.4, -0.2) is 40.3 Å². The molecule has 2 aromatic rings. The van der Waals surface area contributed by atoms with Gasteiger partial charge in [-0.25, -0.2) is 4.68 Å². The Labute approximate surface area is 130 Å². The van der Waals surface area contributed by atoms with Gasteiger partial charge in [-0.15, -0.1) is 16.4 Å². The number of rotatable bonds is 8. The molecule has 6 nitrogen and oxygen atoms in total. The van der Waals surface area contributed by atoms with E-state index in [2.05, 4.69) is 46.5 Å². The summed E-state index contributed by atoms with van der Waals surface area (Å²) in [6, 6.07) is 4.49. The number of nitrogens with one attached hydrogen (secondary N) is 1. The first kappa shape index (κ1) is 15.8. The van der Waals surface area contributed by atoms with E-state index in [0.717, 1.165) is 31.9 Å². The van der Waals surface area contributed by atoms with Crippen LogP contribution in [0.5, 0.6) is 0 Å². The van der Waals surface area contributed by atoms with Gasteiger partial charge in [0.15, 0.2) is 0 Å². The Bertz CT molecular complexity index is 560. The first-order chi connectivity index (χ1) is 10.0. The minimum atomic E-state index is 0.312. The highest BCUT2D eigenvalue weighted by atomic mass is 32.1. The van der Waals surface area contributed by atoms with Crippen LogP contribution in [0.4, 0.5) is 11.9 Å². The van der Waals surface area contributed by atoms with Crippen molar-refractivity contribution in [2.45, 2.75) is 25.8 Å². The van der Waals surface area contributed by atoms with Gasteiger partial charge in [0.05, 0.1) is 0 Å². The average Bonchev–Trinajstić information content (AvgIpc) is 2.95. The monoisotopic (exact) mass is 308 g/mol. The second kappa shape index (κ2) is 7.42. The zero-order chi connectivity index (χ0) is 15.2. The zero-order valence-electron chi connectivity index (χ0n) is 13.0. The lowest BCUT2D eigenvalue weighted by atomic mass is 10.2. The van der Waals surface area contributed by atoms with Crippen LogP contribution in [0.25, 0.3) is 0 Å². The van der Waals surface area contributed by atoms with Crippen LogP contribution in [0, 0.1) is 0 Å². The average molecular weight is 308 g/mol. The van der Waals surface area contributed by atoms with Crippen molar-refractivity contribution >= 4 is 23.2 Å². The highest BCUT2D eigenvalue weighted by Crippen LogP contribution is 2.19. The lowest BCUT2D eigenvalue weighted by Gasteiger charge is -2.06. The number of aromatic nitrogens is 3. The van der Waals surface area contributed by atoms with Crippen molar-refractivity contribution in [1.29, 1.82) is 0 Å². The summed E-state index contributed by atoms with van der Waals surface area (Å²) in [4.78, 5) is 9.21. The largest absolute Gasteiger partial charge is 0.366 e. The molecular formula is C14H24N6S. The lowest BCUT2D eigenvalue weighted by molar-refractivity contribution is 0.406.